The second-order valence-corrected chi connectivity index (χ2v) is 7.27. The first-order valence-corrected chi connectivity index (χ1v) is 9.24. The van der Waals surface area contributed by atoms with Gasteiger partial charge >= 0.3 is 6.03 Å². The van der Waals surface area contributed by atoms with Gasteiger partial charge < -0.3 is 15.0 Å². The zero-order valence-electron chi connectivity index (χ0n) is 15.9. The highest BCUT2D eigenvalue weighted by atomic mass is 16.5. The van der Waals surface area contributed by atoms with Gasteiger partial charge in [-0.15, -0.1) is 0 Å². The highest BCUT2D eigenvalue weighted by molar-refractivity contribution is 5.74. The van der Waals surface area contributed by atoms with Crippen LogP contribution in [-0.2, 0) is 4.74 Å². The van der Waals surface area contributed by atoms with E-state index >= 15 is 0 Å². The Hall–Kier alpha value is -1.66. The molecule has 0 saturated carbocycles. The summed E-state index contributed by atoms with van der Waals surface area (Å²) >= 11 is 0. The number of nitrogens with one attached hydrogen (secondary N) is 1. The number of nitrogens with zero attached hydrogens (tertiary/aromatic N) is 3. The molecule has 0 spiro atoms. The van der Waals surface area contributed by atoms with Crippen LogP contribution in [0.15, 0.2) is 24.5 Å². The van der Waals surface area contributed by atoms with Gasteiger partial charge in [-0.05, 0) is 31.4 Å². The summed E-state index contributed by atoms with van der Waals surface area (Å²) in [6, 6.07) is 4.43. The topological polar surface area (TPSA) is 57.7 Å². The number of piperazine rings is 1. The Bertz CT molecular complexity index is 515. The second-order valence-electron chi connectivity index (χ2n) is 7.27. The van der Waals surface area contributed by atoms with E-state index in [1.807, 2.05) is 24.1 Å². The molecule has 2 atom stereocenters. The summed E-state index contributed by atoms with van der Waals surface area (Å²) in [6.45, 7) is 13.0. The molecule has 140 valence electrons. The molecule has 0 aliphatic carbocycles. The fraction of sp³-hybridized carbons (Fsp3) is 0.684. The van der Waals surface area contributed by atoms with Crippen molar-refractivity contribution < 1.29 is 9.53 Å². The molecular weight excluding hydrogens is 316 g/mol. The van der Waals surface area contributed by atoms with Gasteiger partial charge in [0.2, 0.25) is 0 Å². The number of pyridine rings is 1. The number of amides is 2. The minimum Gasteiger partial charge on any atom is -0.379 e. The van der Waals surface area contributed by atoms with Gasteiger partial charge in [-0.2, -0.15) is 0 Å². The van der Waals surface area contributed by atoms with E-state index in [0.717, 1.165) is 32.8 Å². The number of hydrogen-bond acceptors (Lipinski definition) is 4. The lowest BCUT2D eigenvalue weighted by molar-refractivity contribution is 0.0873. The van der Waals surface area contributed by atoms with E-state index in [1.165, 1.54) is 5.56 Å². The Morgan fingerprint density at radius 2 is 1.92 bits per heavy atom. The Balaban J connectivity index is 1.73. The second kappa shape index (κ2) is 9.73. The Kier molecular flexibility index (Phi) is 7.65. The summed E-state index contributed by atoms with van der Waals surface area (Å²) in [6.07, 6.45) is 3.72. The van der Waals surface area contributed by atoms with E-state index in [-0.39, 0.29) is 12.1 Å². The first-order chi connectivity index (χ1) is 12.0. The number of hydrogen-bond donors (Lipinski definition) is 1. The molecule has 6 nitrogen and oxygen atoms in total. The Labute approximate surface area is 151 Å². The summed E-state index contributed by atoms with van der Waals surface area (Å²) in [5, 5.41) is 3.03. The highest BCUT2D eigenvalue weighted by Crippen LogP contribution is 2.20. The average Bonchev–Trinajstić information content (AvgIpc) is 2.61. The molecule has 1 aliphatic rings. The lowest BCUT2D eigenvalue weighted by Crippen LogP contribution is -2.53. The molecule has 1 aromatic heterocycles. The molecule has 1 saturated heterocycles. The van der Waals surface area contributed by atoms with Gasteiger partial charge in [0, 0.05) is 51.2 Å². The maximum absolute atomic E-state index is 12.4. The van der Waals surface area contributed by atoms with Crippen LogP contribution in [0.25, 0.3) is 0 Å². The molecule has 1 aliphatic heterocycles. The first kappa shape index (κ1) is 19.7. The fourth-order valence-corrected chi connectivity index (χ4v) is 2.97. The molecule has 0 aromatic carbocycles. The van der Waals surface area contributed by atoms with Gasteiger partial charge in [0.05, 0.1) is 12.6 Å². The number of rotatable bonds is 7. The molecule has 25 heavy (non-hydrogen) atoms. The van der Waals surface area contributed by atoms with Crippen LogP contribution in [0, 0.1) is 5.92 Å². The monoisotopic (exact) mass is 348 g/mol. The molecule has 1 fully saturated rings. The molecule has 2 rings (SSSR count). The van der Waals surface area contributed by atoms with Crippen LogP contribution < -0.4 is 5.32 Å². The van der Waals surface area contributed by atoms with Crippen LogP contribution in [0.3, 0.4) is 0 Å². The van der Waals surface area contributed by atoms with Crippen molar-refractivity contribution >= 4 is 6.03 Å². The normalized spacial score (nSPS) is 18.2. The van der Waals surface area contributed by atoms with E-state index in [4.69, 9.17) is 4.74 Å². The van der Waals surface area contributed by atoms with Crippen molar-refractivity contribution in [1.29, 1.82) is 0 Å². The number of ether oxygens (including phenoxy) is 1. The highest BCUT2D eigenvalue weighted by Gasteiger charge is 2.25. The zero-order chi connectivity index (χ0) is 18.2. The smallest absolute Gasteiger partial charge is 0.317 e. The molecule has 1 aromatic rings. The minimum atomic E-state index is 0.00864. The molecular formula is C19H32N4O2. The van der Waals surface area contributed by atoms with E-state index in [9.17, 15) is 4.79 Å². The summed E-state index contributed by atoms with van der Waals surface area (Å²) in [4.78, 5) is 20.9. The van der Waals surface area contributed by atoms with Gasteiger partial charge in [0.15, 0.2) is 0 Å². The lowest BCUT2D eigenvalue weighted by Gasteiger charge is -2.38. The van der Waals surface area contributed by atoms with Gasteiger partial charge in [-0.1, -0.05) is 19.9 Å². The van der Waals surface area contributed by atoms with Gasteiger partial charge in [-0.3, -0.25) is 9.88 Å². The van der Waals surface area contributed by atoms with Gasteiger partial charge in [-0.25, -0.2) is 4.79 Å². The Morgan fingerprint density at radius 3 is 2.52 bits per heavy atom. The van der Waals surface area contributed by atoms with E-state index < -0.39 is 0 Å². The summed E-state index contributed by atoms with van der Waals surface area (Å²) in [7, 11) is 0. The first-order valence-electron chi connectivity index (χ1n) is 9.24. The molecule has 0 bridgehead atoms. The van der Waals surface area contributed by atoms with Crippen molar-refractivity contribution in [3.63, 3.8) is 0 Å². The van der Waals surface area contributed by atoms with Crippen molar-refractivity contribution in [2.75, 3.05) is 39.4 Å². The lowest BCUT2D eigenvalue weighted by atomic mass is 10.1. The van der Waals surface area contributed by atoms with Crippen LogP contribution in [0.1, 0.15) is 39.3 Å². The standard InChI is InChI=1S/C19H32N4O2/c1-15(2)13-25-14-16(3)21-19(24)23-10-8-22(9-11-23)17(4)18-6-5-7-20-12-18/h5-7,12,15-17H,8-11,13-14H2,1-4H3,(H,21,24)/t16-,17+/m1/s1. The van der Waals surface area contributed by atoms with Gasteiger partial charge in [0.1, 0.15) is 0 Å². The van der Waals surface area contributed by atoms with Crippen molar-refractivity contribution in [3.8, 4) is 0 Å². The molecule has 2 heterocycles. The largest absolute Gasteiger partial charge is 0.379 e. The predicted molar refractivity (Wildman–Crippen MR) is 99.4 cm³/mol. The molecule has 2 amide bonds. The van der Waals surface area contributed by atoms with E-state index in [1.54, 1.807) is 6.20 Å². The third-order valence-electron chi connectivity index (χ3n) is 4.50. The minimum absolute atomic E-state index is 0.00864. The van der Waals surface area contributed by atoms with E-state index in [2.05, 4.69) is 42.0 Å². The van der Waals surface area contributed by atoms with Crippen molar-refractivity contribution in [2.24, 2.45) is 5.92 Å². The quantitative estimate of drug-likeness (QED) is 0.823. The number of carbonyl (C=O) groups is 1. The van der Waals surface area contributed by atoms with Crippen LogP contribution in [-0.4, -0.2) is 66.2 Å². The van der Waals surface area contributed by atoms with Crippen LogP contribution >= 0.6 is 0 Å². The Morgan fingerprint density at radius 1 is 1.20 bits per heavy atom. The van der Waals surface area contributed by atoms with Gasteiger partial charge in [0.25, 0.3) is 0 Å². The molecule has 0 unspecified atom stereocenters. The maximum Gasteiger partial charge on any atom is 0.317 e. The fourth-order valence-electron chi connectivity index (χ4n) is 2.97. The van der Waals surface area contributed by atoms with Crippen LogP contribution in [0.5, 0.6) is 0 Å². The third-order valence-corrected chi connectivity index (χ3v) is 4.50. The SMILES string of the molecule is CC(C)COC[C@@H](C)NC(=O)N1CCN([C@@H](C)c2cccnc2)CC1. The number of aromatic nitrogens is 1. The van der Waals surface area contributed by atoms with Crippen molar-refractivity contribution in [3.05, 3.63) is 30.1 Å². The third kappa shape index (κ3) is 6.29. The average molecular weight is 348 g/mol. The van der Waals surface area contributed by atoms with Crippen LogP contribution in [0.2, 0.25) is 0 Å². The molecule has 6 heteroatoms. The summed E-state index contributed by atoms with van der Waals surface area (Å²) in [5.41, 5.74) is 1.22. The zero-order valence-corrected chi connectivity index (χ0v) is 15.9. The molecule has 1 N–H and O–H groups in total. The van der Waals surface area contributed by atoms with Crippen molar-refractivity contribution in [1.82, 2.24) is 20.1 Å². The predicted octanol–water partition coefficient (Wildman–Crippen LogP) is 2.53. The maximum atomic E-state index is 12.4. The van der Waals surface area contributed by atoms with E-state index in [0.29, 0.717) is 18.6 Å². The number of urea groups is 1. The molecule has 0 radical (unpaired) electrons. The van der Waals surface area contributed by atoms with Crippen LogP contribution in [0.4, 0.5) is 4.79 Å². The summed E-state index contributed by atoms with van der Waals surface area (Å²) in [5.74, 6) is 0.512. The number of carbonyl (C=O) groups excluding carboxylic acids is 1. The van der Waals surface area contributed by atoms with Crippen molar-refractivity contribution in [2.45, 2.75) is 39.8 Å². The summed E-state index contributed by atoms with van der Waals surface area (Å²) < 4.78 is 5.60.